The Morgan fingerprint density at radius 3 is 2.83 bits per heavy atom. The summed E-state index contributed by atoms with van der Waals surface area (Å²) in [5.41, 5.74) is 5.54. The standard InChI is InChI=1S/C19H20ClNO2/c1-11-7-14-9-15(10-21-13(3)22)23-19(14)16(8-11)18-12(2)5-4-6-17(18)20/h4-8,15H,9-10H2,1-3H3,(H,21,22)/t15-/m1/s1. The van der Waals surface area contributed by atoms with Gasteiger partial charge in [-0.15, -0.1) is 0 Å². The first kappa shape index (κ1) is 15.9. The lowest BCUT2D eigenvalue weighted by Crippen LogP contribution is -2.32. The highest BCUT2D eigenvalue weighted by Gasteiger charge is 2.27. The van der Waals surface area contributed by atoms with Gasteiger partial charge in [0, 0.05) is 29.5 Å². The molecule has 2 aromatic carbocycles. The van der Waals surface area contributed by atoms with E-state index in [-0.39, 0.29) is 12.0 Å². The molecular formula is C19H20ClNO2. The Kier molecular flexibility index (Phi) is 4.31. The average molecular weight is 330 g/mol. The number of hydrogen-bond donors (Lipinski definition) is 1. The van der Waals surface area contributed by atoms with E-state index in [1.165, 1.54) is 18.1 Å². The van der Waals surface area contributed by atoms with Gasteiger partial charge in [-0.05, 0) is 42.7 Å². The fraction of sp³-hybridized carbons (Fsp3) is 0.316. The first-order valence-electron chi connectivity index (χ1n) is 7.76. The summed E-state index contributed by atoms with van der Waals surface area (Å²) in [5.74, 6) is 0.852. The lowest BCUT2D eigenvalue weighted by atomic mass is 9.95. The van der Waals surface area contributed by atoms with Crippen LogP contribution >= 0.6 is 11.6 Å². The van der Waals surface area contributed by atoms with Crippen molar-refractivity contribution in [1.82, 2.24) is 5.32 Å². The second kappa shape index (κ2) is 6.25. The Labute approximate surface area is 141 Å². The molecule has 0 fully saturated rings. The molecule has 23 heavy (non-hydrogen) atoms. The summed E-state index contributed by atoms with van der Waals surface area (Å²) in [7, 11) is 0. The number of carbonyl (C=O) groups is 1. The number of halogens is 1. The summed E-state index contributed by atoms with van der Waals surface area (Å²) in [5, 5.41) is 3.56. The number of aryl methyl sites for hydroxylation is 2. The number of ether oxygens (including phenoxy) is 1. The van der Waals surface area contributed by atoms with Crippen LogP contribution < -0.4 is 10.1 Å². The van der Waals surface area contributed by atoms with Gasteiger partial charge in [-0.25, -0.2) is 0 Å². The first-order chi connectivity index (χ1) is 11.0. The van der Waals surface area contributed by atoms with E-state index < -0.39 is 0 Å². The fourth-order valence-electron chi connectivity index (χ4n) is 3.12. The summed E-state index contributed by atoms with van der Waals surface area (Å²) in [6, 6.07) is 10.2. The van der Waals surface area contributed by atoms with E-state index in [2.05, 4.69) is 37.4 Å². The molecule has 3 nitrogen and oxygen atoms in total. The quantitative estimate of drug-likeness (QED) is 0.922. The number of benzene rings is 2. The molecule has 3 rings (SSSR count). The number of hydrogen-bond acceptors (Lipinski definition) is 2. The normalized spacial score (nSPS) is 15.9. The molecule has 0 unspecified atom stereocenters. The summed E-state index contributed by atoms with van der Waals surface area (Å²) >= 11 is 6.44. The molecule has 0 saturated heterocycles. The predicted octanol–water partition coefficient (Wildman–Crippen LogP) is 4.06. The zero-order valence-electron chi connectivity index (χ0n) is 13.6. The third-order valence-corrected chi connectivity index (χ3v) is 4.43. The van der Waals surface area contributed by atoms with Gasteiger partial charge in [0.1, 0.15) is 11.9 Å². The smallest absolute Gasteiger partial charge is 0.217 e. The largest absolute Gasteiger partial charge is 0.487 e. The molecule has 2 aromatic rings. The lowest BCUT2D eigenvalue weighted by molar-refractivity contribution is -0.119. The molecular weight excluding hydrogens is 310 g/mol. The van der Waals surface area contributed by atoms with Crippen molar-refractivity contribution < 1.29 is 9.53 Å². The Hall–Kier alpha value is -2.00. The van der Waals surface area contributed by atoms with E-state index in [9.17, 15) is 4.79 Å². The highest BCUT2D eigenvalue weighted by Crippen LogP contribution is 2.43. The summed E-state index contributed by atoms with van der Waals surface area (Å²) < 4.78 is 6.13. The van der Waals surface area contributed by atoms with Crippen LogP contribution in [0.2, 0.25) is 5.02 Å². The van der Waals surface area contributed by atoms with Gasteiger partial charge in [-0.1, -0.05) is 29.8 Å². The number of fused-ring (bicyclic) bond motifs is 1. The van der Waals surface area contributed by atoms with Gasteiger partial charge in [-0.2, -0.15) is 0 Å². The van der Waals surface area contributed by atoms with E-state index in [0.717, 1.165) is 33.9 Å². The molecule has 4 heteroatoms. The van der Waals surface area contributed by atoms with Crippen molar-refractivity contribution in [2.75, 3.05) is 6.54 Å². The van der Waals surface area contributed by atoms with Gasteiger partial charge >= 0.3 is 0 Å². The second-order valence-electron chi connectivity index (χ2n) is 6.11. The maximum atomic E-state index is 11.1. The Morgan fingerprint density at radius 1 is 1.35 bits per heavy atom. The number of rotatable bonds is 3. The van der Waals surface area contributed by atoms with Crippen molar-refractivity contribution >= 4 is 17.5 Å². The Morgan fingerprint density at radius 2 is 2.13 bits per heavy atom. The van der Waals surface area contributed by atoms with Gasteiger partial charge in [0.15, 0.2) is 0 Å². The molecule has 1 atom stereocenters. The highest BCUT2D eigenvalue weighted by atomic mass is 35.5. The molecule has 1 aliphatic heterocycles. The van der Waals surface area contributed by atoms with E-state index in [0.29, 0.717) is 6.54 Å². The van der Waals surface area contributed by atoms with Crippen LogP contribution in [0, 0.1) is 13.8 Å². The minimum atomic E-state index is -0.0390. The SMILES string of the molecule is CC(=O)NC[C@H]1Cc2cc(C)cc(-c3c(C)cccc3Cl)c2O1. The second-order valence-corrected chi connectivity index (χ2v) is 6.52. The van der Waals surface area contributed by atoms with Crippen molar-refractivity contribution in [3.8, 4) is 16.9 Å². The van der Waals surface area contributed by atoms with Crippen LogP contribution in [0.25, 0.3) is 11.1 Å². The van der Waals surface area contributed by atoms with Crippen LogP contribution in [0.4, 0.5) is 0 Å². The van der Waals surface area contributed by atoms with Crippen LogP contribution in [0.1, 0.15) is 23.6 Å². The van der Waals surface area contributed by atoms with Crippen molar-refractivity contribution in [1.29, 1.82) is 0 Å². The van der Waals surface area contributed by atoms with Crippen LogP contribution in [0.15, 0.2) is 30.3 Å². The molecule has 1 heterocycles. The number of carbonyl (C=O) groups excluding carboxylic acids is 1. The molecule has 0 bridgehead atoms. The Balaban J connectivity index is 2.01. The van der Waals surface area contributed by atoms with E-state index >= 15 is 0 Å². The fourth-order valence-corrected chi connectivity index (χ4v) is 3.45. The minimum Gasteiger partial charge on any atom is -0.487 e. The molecule has 0 radical (unpaired) electrons. The minimum absolute atomic E-state index is 0.0303. The molecule has 0 spiro atoms. The molecule has 1 amide bonds. The first-order valence-corrected chi connectivity index (χ1v) is 8.13. The lowest BCUT2D eigenvalue weighted by Gasteiger charge is -2.15. The molecule has 0 aliphatic carbocycles. The molecule has 1 N–H and O–H groups in total. The molecule has 120 valence electrons. The van der Waals surface area contributed by atoms with Crippen LogP contribution in [0.3, 0.4) is 0 Å². The van der Waals surface area contributed by atoms with Crippen LogP contribution in [0.5, 0.6) is 5.75 Å². The third kappa shape index (κ3) is 3.20. The van der Waals surface area contributed by atoms with Crippen molar-refractivity contribution in [3.63, 3.8) is 0 Å². The third-order valence-electron chi connectivity index (χ3n) is 4.11. The monoisotopic (exact) mass is 329 g/mol. The van der Waals surface area contributed by atoms with Crippen molar-refractivity contribution in [2.24, 2.45) is 0 Å². The van der Waals surface area contributed by atoms with E-state index in [4.69, 9.17) is 16.3 Å². The van der Waals surface area contributed by atoms with Gasteiger partial charge in [0.05, 0.1) is 6.54 Å². The summed E-state index contributed by atoms with van der Waals surface area (Å²) in [6.45, 7) is 6.17. The zero-order chi connectivity index (χ0) is 16.6. The average Bonchev–Trinajstić information content (AvgIpc) is 2.87. The zero-order valence-corrected chi connectivity index (χ0v) is 14.3. The van der Waals surface area contributed by atoms with Gasteiger partial charge in [-0.3, -0.25) is 4.79 Å². The van der Waals surface area contributed by atoms with Crippen LogP contribution in [-0.2, 0) is 11.2 Å². The summed E-state index contributed by atoms with van der Waals surface area (Å²) in [6.07, 6.45) is 0.769. The molecule has 1 aliphatic rings. The molecule has 0 aromatic heterocycles. The van der Waals surface area contributed by atoms with Crippen molar-refractivity contribution in [2.45, 2.75) is 33.3 Å². The topological polar surface area (TPSA) is 38.3 Å². The highest BCUT2D eigenvalue weighted by molar-refractivity contribution is 6.33. The molecule has 0 saturated carbocycles. The van der Waals surface area contributed by atoms with Gasteiger partial charge in [0.2, 0.25) is 5.91 Å². The van der Waals surface area contributed by atoms with Gasteiger partial charge in [0.25, 0.3) is 0 Å². The van der Waals surface area contributed by atoms with Gasteiger partial charge < -0.3 is 10.1 Å². The van der Waals surface area contributed by atoms with Crippen molar-refractivity contribution in [3.05, 3.63) is 52.0 Å². The van der Waals surface area contributed by atoms with E-state index in [1.807, 2.05) is 12.1 Å². The van der Waals surface area contributed by atoms with Crippen LogP contribution in [-0.4, -0.2) is 18.6 Å². The maximum Gasteiger partial charge on any atom is 0.217 e. The predicted molar refractivity (Wildman–Crippen MR) is 93.2 cm³/mol. The Bertz CT molecular complexity index is 750. The van der Waals surface area contributed by atoms with E-state index in [1.54, 1.807) is 0 Å². The summed E-state index contributed by atoms with van der Waals surface area (Å²) in [4.78, 5) is 11.1. The maximum absolute atomic E-state index is 11.1. The number of amides is 1. The number of nitrogens with one attached hydrogen (secondary N) is 1.